The fraction of sp³-hybridized carbons (Fsp3) is 0.529. The number of likely N-dealkylation sites (tertiary alicyclic amines) is 1. The number of nitrogens with one attached hydrogen (secondary N) is 2. The molecule has 0 aliphatic carbocycles. The van der Waals surface area contributed by atoms with E-state index in [1.54, 1.807) is 30.2 Å². The van der Waals surface area contributed by atoms with Gasteiger partial charge in [0.15, 0.2) is 0 Å². The highest BCUT2D eigenvalue weighted by molar-refractivity contribution is 5.92. The molecule has 1 aliphatic rings. The Morgan fingerprint density at radius 2 is 1.96 bits per heavy atom. The zero-order chi connectivity index (χ0) is 17.9. The molecule has 0 aromatic heterocycles. The second-order valence-corrected chi connectivity index (χ2v) is 6.74. The predicted octanol–water partition coefficient (Wildman–Crippen LogP) is 2.22. The molecule has 1 aromatic carbocycles. The van der Waals surface area contributed by atoms with Gasteiger partial charge in [0.1, 0.15) is 11.5 Å². The van der Waals surface area contributed by atoms with E-state index in [0.29, 0.717) is 30.2 Å². The van der Waals surface area contributed by atoms with Crippen LogP contribution in [0.25, 0.3) is 0 Å². The summed E-state index contributed by atoms with van der Waals surface area (Å²) >= 11 is 0. The van der Waals surface area contributed by atoms with Crippen LogP contribution in [0.5, 0.6) is 11.5 Å². The smallest absolute Gasteiger partial charge is 0.319 e. The van der Waals surface area contributed by atoms with Crippen LogP contribution in [0.4, 0.5) is 10.5 Å². The van der Waals surface area contributed by atoms with E-state index in [-0.39, 0.29) is 23.5 Å². The number of benzene rings is 1. The SMILES string of the molecule is COc1ccc(OC)c(NC(=O)NC2CC(=O)N(C(C)(C)C)C2)c1. The lowest BCUT2D eigenvalue weighted by Gasteiger charge is -2.32. The quantitative estimate of drug-likeness (QED) is 0.884. The highest BCUT2D eigenvalue weighted by atomic mass is 16.5. The van der Waals surface area contributed by atoms with E-state index in [0.717, 1.165) is 0 Å². The van der Waals surface area contributed by atoms with Gasteiger partial charge in [0, 0.05) is 24.6 Å². The fourth-order valence-corrected chi connectivity index (χ4v) is 2.71. The number of anilines is 1. The Labute approximate surface area is 142 Å². The third-order valence-corrected chi connectivity index (χ3v) is 3.92. The molecule has 1 aliphatic heterocycles. The summed E-state index contributed by atoms with van der Waals surface area (Å²) in [5.41, 5.74) is 0.256. The van der Waals surface area contributed by atoms with Crippen molar-refractivity contribution in [3.8, 4) is 11.5 Å². The van der Waals surface area contributed by atoms with Gasteiger partial charge in [-0.1, -0.05) is 0 Å². The lowest BCUT2D eigenvalue weighted by Crippen LogP contribution is -2.45. The molecule has 132 valence electrons. The summed E-state index contributed by atoms with van der Waals surface area (Å²) in [4.78, 5) is 26.1. The van der Waals surface area contributed by atoms with Gasteiger partial charge in [-0.3, -0.25) is 4.79 Å². The van der Waals surface area contributed by atoms with Crippen LogP contribution in [-0.4, -0.2) is 49.2 Å². The van der Waals surface area contributed by atoms with Crippen LogP contribution < -0.4 is 20.1 Å². The molecular formula is C17H25N3O4. The van der Waals surface area contributed by atoms with Gasteiger partial charge in [0.25, 0.3) is 0 Å². The van der Waals surface area contributed by atoms with Gasteiger partial charge in [0.05, 0.1) is 25.9 Å². The zero-order valence-electron chi connectivity index (χ0n) is 14.8. The van der Waals surface area contributed by atoms with E-state index in [2.05, 4.69) is 10.6 Å². The number of hydrogen-bond acceptors (Lipinski definition) is 4. The van der Waals surface area contributed by atoms with Crippen molar-refractivity contribution in [2.75, 3.05) is 26.1 Å². The Morgan fingerprint density at radius 3 is 2.50 bits per heavy atom. The third kappa shape index (κ3) is 4.10. The van der Waals surface area contributed by atoms with Gasteiger partial charge in [-0.15, -0.1) is 0 Å². The molecular weight excluding hydrogens is 310 g/mol. The largest absolute Gasteiger partial charge is 0.497 e. The molecule has 2 N–H and O–H groups in total. The summed E-state index contributed by atoms with van der Waals surface area (Å²) < 4.78 is 10.4. The first-order chi connectivity index (χ1) is 11.2. The lowest BCUT2D eigenvalue weighted by molar-refractivity contribution is -0.131. The Hall–Kier alpha value is -2.44. The van der Waals surface area contributed by atoms with Crippen LogP contribution in [0.1, 0.15) is 27.2 Å². The molecule has 0 saturated carbocycles. The van der Waals surface area contributed by atoms with Crippen molar-refractivity contribution >= 4 is 17.6 Å². The molecule has 1 heterocycles. The normalized spacial score (nSPS) is 17.6. The average Bonchev–Trinajstić information content (AvgIpc) is 2.87. The second-order valence-electron chi connectivity index (χ2n) is 6.74. The van der Waals surface area contributed by atoms with Crippen LogP contribution >= 0.6 is 0 Å². The minimum Gasteiger partial charge on any atom is -0.497 e. The Balaban J connectivity index is 2.01. The molecule has 0 radical (unpaired) electrons. The van der Waals surface area contributed by atoms with Gasteiger partial charge < -0.3 is 25.0 Å². The summed E-state index contributed by atoms with van der Waals surface area (Å²) in [6, 6.07) is 4.55. The Bertz CT molecular complexity index is 625. The summed E-state index contributed by atoms with van der Waals surface area (Å²) in [6.45, 7) is 6.45. The first-order valence-electron chi connectivity index (χ1n) is 7.84. The van der Waals surface area contributed by atoms with Gasteiger partial charge in [0.2, 0.25) is 5.91 Å². The topological polar surface area (TPSA) is 79.9 Å². The summed E-state index contributed by atoms with van der Waals surface area (Å²) in [5, 5.41) is 5.59. The molecule has 0 bridgehead atoms. The number of carbonyl (C=O) groups excluding carboxylic acids is 2. The van der Waals surface area contributed by atoms with Crippen molar-refractivity contribution in [1.82, 2.24) is 10.2 Å². The van der Waals surface area contributed by atoms with Crippen molar-refractivity contribution in [2.24, 2.45) is 0 Å². The number of nitrogens with zero attached hydrogens (tertiary/aromatic N) is 1. The first-order valence-corrected chi connectivity index (χ1v) is 7.84. The van der Waals surface area contributed by atoms with E-state index in [1.807, 2.05) is 20.8 Å². The Morgan fingerprint density at radius 1 is 1.25 bits per heavy atom. The minimum atomic E-state index is -0.380. The minimum absolute atomic E-state index is 0.0479. The van der Waals surface area contributed by atoms with Gasteiger partial charge in [-0.25, -0.2) is 4.79 Å². The molecule has 1 atom stereocenters. The molecule has 1 aromatic rings. The second kappa shape index (κ2) is 6.98. The fourth-order valence-electron chi connectivity index (χ4n) is 2.71. The molecule has 1 unspecified atom stereocenters. The summed E-state index contributed by atoms with van der Waals surface area (Å²) in [7, 11) is 3.08. The maximum atomic E-state index is 12.3. The first kappa shape index (κ1) is 17.9. The number of methoxy groups -OCH3 is 2. The van der Waals surface area contributed by atoms with E-state index in [9.17, 15) is 9.59 Å². The van der Waals surface area contributed by atoms with E-state index >= 15 is 0 Å². The van der Waals surface area contributed by atoms with E-state index < -0.39 is 0 Å². The van der Waals surface area contributed by atoms with Gasteiger partial charge >= 0.3 is 6.03 Å². The van der Waals surface area contributed by atoms with Crippen LogP contribution in [0.15, 0.2) is 18.2 Å². The lowest BCUT2D eigenvalue weighted by atomic mass is 10.1. The number of carbonyl (C=O) groups is 2. The highest BCUT2D eigenvalue weighted by Gasteiger charge is 2.36. The number of amides is 3. The van der Waals surface area contributed by atoms with E-state index in [4.69, 9.17) is 9.47 Å². The zero-order valence-corrected chi connectivity index (χ0v) is 14.8. The van der Waals surface area contributed by atoms with E-state index in [1.165, 1.54) is 7.11 Å². The monoisotopic (exact) mass is 335 g/mol. The molecule has 1 fully saturated rings. The maximum absolute atomic E-state index is 12.3. The molecule has 1 saturated heterocycles. The molecule has 3 amide bonds. The average molecular weight is 335 g/mol. The van der Waals surface area contributed by atoms with Gasteiger partial charge in [-0.2, -0.15) is 0 Å². The summed E-state index contributed by atoms with van der Waals surface area (Å²) in [5.74, 6) is 1.19. The third-order valence-electron chi connectivity index (χ3n) is 3.92. The van der Waals surface area contributed by atoms with Crippen molar-refractivity contribution in [2.45, 2.75) is 38.8 Å². The van der Waals surface area contributed by atoms with Crippen LogP contribution in [0.2, 0.25) is 0 Å². The highest BCUT2D eigenvalue weighted by Crippen LogP contribution is 2.29. The maximum Gasteiger partial charge on any atom is 0.319 e. The molecule has 24 heavy (non-hydrogen) atoms. The molecule has 7 nitrogen and oxygen atoms in total. The number of urea groups is 1. The Kier molecular flexibility index (Phi) is 5.21. The van der Waals surface area contributed by atoms with Crippen molar-refractivity contribution in [1.29, 1.82) is 0 Å². The van der Waals surface area contributed by atoms with Gasteiger partial charge in [-0.05, 0) is 32.9 Å². The van der Waals surface area contributed by atoms with Crippen molar-refractivity contribution in [3.05, 3.63) is 18.2 Å². The number of rotatable bonds is 4. The molecule has 2 rings (SSSR count). The van der Waals surface area contributed by atoms with Crippen LogP contribution in [-0.2, 0) is 4.79 Å². The standard InChI is InChI=1S/C17H25N3O4/c1-17(2,3)20-10-11(8-15(20)21)18-16(22)19-13-9-12(23-4)6-7-14(13)24-5/h6-7,9,11H,8,10H2,1-5H3,(H2,18,19,22). The van der Waals surface area contributed by atoms with Crippen LogP contribution in [0, 0.1) is 0 Å². The van der Waals surface area contributed by atoms with Crippen LogP contribution in [0.3, 0.4) is 0 Å². The van der Waals surface area contributed by atoms with Crippen molar-refractivity contribution in [3.63, 3.8) is 0 Å². The predicted molar refractivity (Wildman–Crippen MR) is 91.6 cm³/mol. The number of hydrogen-bond donors (Lipinski definition) is 2. The molecule has 0 spiro atoms. The van der Waals surface area contributed by atoms with Crippen molar-refractivity contribution < 1.29 is 19.1 Å². The number of ether oxygens (including phenoxy) is 2. The molecule has 7 heteroatoms. The summed E-state index contributed by atoms with van der Waals surface area (Å²) in [6.07, 6.45) is 0.305.